The molecule has 0 radical (unpaired) electrons. The summed E-state index contributed by atoms with van der Waals surface area (Å²) in [6, 6.07) is 14.7. The number of carbonyl (C=O) groups is 1. The first-order valence-corrected chi connectivity index (χ1v) is 9.30. The minimum atomic E-state index is -0.252. The highest BCUT2D eigenvalue weighted by atomic mass is 19.1. The molecule has 4 rings (SSSR count). The molecule has 1 atom stereocenters. The fourth-order valence-corrected chi connectivity index (χ4v) is 3.45. The summed E-state index contributed by atoms with van der Waals surface area (Å²) in [6.45, 7) is 3.39. The Morgan fingerprint density at radius 2 is 1.89 bits per heavy atom. The van der Waals surface area contributed by atoms with Crippen LogP contribution in [0.4, 0.5) is 4.39 Å². The van der Waals surface area contributed by atoms with Crippen molar-refractivity contribution in [2.45, 2.75) is 12.5 Å². The molecule has 2 heterocycles. The lowest BCUT2D eigenvalue weighted by molar-refractivity contribution is 0.0949. The Morgan fingerprint density at radius 1 is 1.07 bits per heavy atom. The standard InChI is InChI=1S/C21H23FN4O/c22-17-5-3-14(4-6-17)15-1-2-16-12-20(26-19(16)11-15)21(27)25-10-9-24-18-7-8-23-13-18/h1-6,11-12,18,23-24,26H,7-10,13H2,(H,25,27). The molecule has 2 aromatic carbocycles. The molecule has 1 aromatic heterocycles. The zero-order valence-corrected chi connectivity index (χ0v) is 15.0. The second-order valence-electron chi connectivity index (χ2n) is 6.89. The van der Waals surface area contributed by atoms with Gasteiger partial charge in [-0.25, -0.2) is 4.39 Å². The van der Waals surface area contributed by atoms with Crippen molar-refractivity contribution in [2.75, 3.05) is 26.2 Å². The lowest BCUT2D eigenvalue weighted by Gasteiger charge is -2.11. The predicted molar refractivity (Wildman–Crippen MR) is 105 cm³/mol. The lowest BCUT2D eigenvalue weighted by Crippen LogP contribution is -2.38. The van der Waals surface area contributed by atoms with E-state index in [1.54, 1.807) is 12.1 Å². The van der Waals surface area contributed by atoms with E-state index >= 15 is 0 Å². The SMILES string of the molecule is O=C(NCCNC1CCNC1)c1cc2ccc(-c3ccc(F)cc3)cc2[nH]1. The zero-order valence-electron chi connectivity index (χ0n) is 15.0. The lowest BCUT2D eigenvalue weighted by atomic mass is 10.0. The molecule has 27 heavy (non-hydrogen) atoms. The van der Waals surface area contributed by atoms with Gasteiger partial charge in [0.05, 0.1) is 0 Å². The largest absolute Gasteiger partial charge is 0.351 e. The molecule has 1 saturated heterocycles. The summed E-state index contributed by atoms with van der Waals surface area (Å²) >= 11 is 0. The molecule has 1 fully saturated rings. The molecule has 0 spiro atoms. The molecule has 3 aromatic rings. The smallest absolute Gasteiger partial charge is 0.267 e. The summed E-state index contributed by atoms with van der Waals surface area (Å²) in [5.74, 6) is -0.363. The van der Waals surface area contributed by atoms with E-state index in [0.717, 1.165) is 48.1 Å². The van der Waals surface area contributed by atoms with E-state index in [0.29, 0.717) is 18.3 Å². The van der Waals surface area contributed by atoms with E-state index < -0.39 is 0 Å². The molecule has 1 aliphatic rings. The van der Waals surface area contributed by atoms with E-state index in [4.69, 9.17) is 0 Å². The van der Waals surface area contributed by atoms with Crippen molar-refractivity contribution >= 4 is 16.8 Å². The van der Waals surface area contributed by atoms with Gasteiger partial charge in [0.15, 0.2) is 0 Å². The highest BCUT2D eigenvalue weighted by Crippen LogP contribution is 2.25. The maximum Gasteiger partial charge on any atom is 0.267 e. The second kappa shape index (κ2) is 7.90. The third-order valence-corrected chi connectivity index (χ3v) is 4.95. The summed E-state index contributed by atoms with van der Waals surface area (Å²) in [4.78, 5) is 15.6. The van der Waals surface area contributed by atoms with Gasteiger partial charge in [0.1, 0.15) is 11.5 Å². The van der Waals surface area contributed by atoms with E-state index in [1.165, 1.54) is 12.1 Å². The minimum absolute atomic E-state index is 0.110. The van der Waals surface area contributed by atoms with Crippen molar-refractivity contribution in [1.82, 2.24) is 20.9 Å². The average molecular weight is 366 g/mol. The normalized spacial score (nSPS) is 16.7. The van der Waals surface area contributed by atoms with Crippen LogP contribution in [0.3, 0.4) is 0 Å². The van der Waals surface area contributed by atoms with Crippen LogP contribution in [0, 0.1) is 5.82 Å². The predicted octanol–water partition coefficient (Wildman–Crippen LogP) is 2.66. The van der Waals surface area contributed by atoms with Gasteiger partial charge in [-0.05, 0) is 48.4 Å². The number of halogens is 1. The molecule has 5 nitrogen and oxygen atoms in total. The van der Waals surface area contributed by atoms with Gasteiger partial charge in [0.25, 0.3) is 5.91 Å². The second-order valence-corrected chi connectivity index (χ2v) is 6.89. The maximum absolute atomic E-state index is 13.1. The Labute approximate surface area is 157 Å². The third-order valence-electron chi connectivity index (χ3n) is 4.95. The van der Waals surface area contributed by atoms with Gasteiger partial charge in [-0.3, -0.25) is 4.79 Å². The Kier molecular flexibility index (Phi) is 5.18. The number of benzene rings is 2. The molecule has 1 amide bonds. The molecule has 140 valence electrons. The number of hydrogen-bond acceptors (Lipinski definition) is 3. The number of H-pyrrole nitrogens is 1. The van der Waals surface area contributed by atoms with Crippen LogP contribution in [0.5, 0.6) is 0 Å². The minimum Gasteiger partial charge on any atom is -0.351 e. The number of rotatable bonds is 6. The van der Waals surface area contributed by atoms with E-state index in [2.05, 4.69) is 20.9 Å². The fraction of sp³-hybridized carbons (Fsp3) is 0.286. The van der Waals surface area contributed by atoms with E-state index in [9.17, 15) is 9.18 Å². The van der Waals surface area contributed by atoms with E-state index in [-0.39, 0.29) is 11.7 Å². The van der Waals surface area contributed by atoms with Crippen molar-refractivity contribution in [3.63, 3.8) is 0 Å². The number of aromatic amines is 1. The number of nitrogens with one attached hydrogen (secondary N) is 4. The number of amides is 1. The van der Waals surface area contributed by atoms with Gasteiger partial charge in [-0.2, -0.15) is 0 Å². The summed E-state index contributed by atoms with van der Waals surface area (Å²) < 4.78 is 13.1. The molecule has 0 saturated carbocycles. The van der Waals surface area contributed by atoms with Crippen molar-refractivity contribution < 1.29 is 9.18 Å². The summed E-state index contributed by atoms with van der Waals surface area (Å²) in [5.41, 5.74) is 3.35. The Hall–Kier alpha value is -2.70. The Morgan fingerprint density at radius 3 is 2.67 bits per heavy atom. The monoisotopic (exact) mass is 366 g/mol. The Balaban J connectivity index is 1.40. The van der Waals surface area contributed by atoms with Crippen LogP contribution in [0.25, 0.3) is 22.0 Å². The molecule has 0 bridgehead atoms. The van der Waals surface area contributed by atoms with Gasteiger partial charge in [-0.15, -0.1) is 0 Å². The quantitative estimate of drug-likeness (QED) is 0.507. The highest BCUT2D eigenvalue weighted by molar-refractivity contribution is 5.98. The zero-order chi connectivity index (χ0) is 18.6. The molecule has 0 aliphatic carbocycles. The first-order valence-electron chi connectivity index (χ1n) is 9.30. The molecular weight excluding hydrogens is 343 g/mol. The van der Waals surface area contributed by atoms with Crippen LogP contribution in [0.1, 0.15) is 16.9 Å². The van der Waals surface area contributed by atoms with E-state index in [1.807, 2.05) is 24.3 Å². The van der Waals surface area contributed by atoms with Crippen molar-refractivity contribution in [3.05, 3.63) is 60.0 Å². The van der Waals surface area contributed by atoms with Crippen LogP contribution in [-0.2, 0) is 0 Å². The fourth-order valence-electron chi connectivity index (χ4n) is 3.45. The first-order chi connectivity index (χ1) is 13.2. The van der Waals surface area contributed by atoms with Crippen molar-refractivity contribution in [1.29, 1.82) is 0 Å². The Bertz CT molecular complexity index is 929. The molecule has 1 unspecified atom stereocenters. The van der Waals surface area contributed by atoms with Gasteiger partial charge >= 0.3 is 0 Å². The topological polar surface area (TPSA) is 69.0 Å². The van der Waals surface area contributed by atoms with Gasteiger partial charge in [0, 0.05) is 36.6 Å². The van der Waals surface area contributed by atoms with Crippen LogP contribution >= 0.6 is 0 Å². The van der Waals surface area contributed by atoms with Crippen molar-refractivity contribution in [2.24, 2.45) is 0 Å². The first kappa shape index (κ1) is 17.7. The van der Waals surface area contributed by atoms with Gasteiger partial charge in [0.2, 0.25) is 0 Å². The third kappa shape index (κ3) is 4.18. The van der Waals surface area contributed by atoms with Crippen LogP contribution in [0.2, 0.25) is 0 Å². The van der Waals surface area contributed by atoms with Gasteiger partial charge < -0.3 is 20.9 Å². The van der Waals surface area contributed by atoms with Crippen molar-refractivity contribution in [3.8, 4) is 11.1 Å². The van der Waals surface area contributed by atoms with Crippen LogP contribution < -0.4 is 16.0 Å². The van der Waals surface area contributed by atoms with Crippen LogP contribution in [0.15, 0.2) is 48.5 Å². The average Bonchev–Trinajstić information content (AvgIpc) is 3.34. The maximum atomic E-state index is 13.1. The summed E-state index contributed by atoms with van der Waals surface area (Å²) in [5, 5.41) is 10.7. The van der Waals surface area contributed by atoms with Gasteiger partial charge in [-0.1, -0.05) is 24.3 Å². The van der Waals surface area contributed by atoms with Crippen LogP contribution in [-0.4, -0.2) is 43.1 Å². The summed E-state index contributed by atoms with van der Waals surface area (Å²) in [6.07, 6.45) is 1.13. The highest BCUT2D eigenvalue weighted by Gasteiger charge is 2.13. The molecular formula is C21H23FN4O. The molecule has 6 heteroatoms. The summed E-state index contributed by atoms with van der Waals surface area (Å²) in [7, 11) is 0. The number of carbonyl (C=O) groups excluding carboxylic acids is 1. The number of fused-ring (bicyclic) bond motifs is 1. The molecule has 1 aliphatic heterocycles. The molecule has 4 N–H and O–H groups in total. The number of aromatic nitrogens is 1. The number of hydrogen-bond donors (Lipinski definition) is 4.